The Kier molecular flexibility index (Phi) is 17.7. The number of methoxy groups -OCH3 is 1. The summed E-state index contributed by atoms with van der Waals surface area (Å²) in [6, 6.07) is 0. The average Bonchev–Trinajstić information content (AvgIpc) is 3.78. The number of rotatable bonds is 16. The fourth-order valence-electron chi connectivity index (χ4n) is 16.4. The third-order valence-corrected chi connectivity index (χ3v) is 20.3. The van der Waals surface area contributed by atoms with Gasteiger partial charge in [-0.3, -0.25) is 9.59 Å². The number of esters is 2. The molecule has 4 aliphatic carbocycles. The van der Waals surface area contributed by atoms with Gasteiger partial charge in [0.25, 0.3) is 0 Å². The fourth-order valence-corrected chi connectivity index (χ4v) is 16.4. The molecule has 0 aromatic rings. The van der Waals surface area contributed by atoms with Crippen LogP contribution in [0.15, 0.2) is 11.6 Å². The summed E-state index contributed by atoms with van der Waals surface area (Å²) in [5.74, 6) is 0.0521. The first-order valence-electron chi connectivity index (χ1n) is 28.2. The predicted octanol–water partition coefficient (Wildman–Crippen LogP) is -0.155. The number of hydrogen-bond acceptors (Lipinski definition) is 23. The predicted molar refractivity (Wildman–Crippen MR) is 267 cm³/mol. The first-order valence-corrected chi connectivity index (χ1v) is 28.2. The summed E-state index contributed by atoms with van der Waals surface area (Å²) in [5.41, 5.74) is -1.26. The molecule has 0 radical (unpaired) electrons. The normalized spacial score (nSPS) is 50.4. The van der Waals surface area contributed by atoms with Crippen LogP contribution in [0.3, 0.4) is 0 Å². The highest BCUT2D eigenvalue weighted by atomic mass is 16.8. The zero-order valence-corrected chi connectivity index (χ0v) is 46.4. The van der Waals surface area contributed by atoms with Gasteiger partial charge in [-0.2, -0.15) is 0 Å². The monoisotopic (exact) mass is 1120 g/mol. The van der Waals surface area contributed by atoms with Gasteiger partial charge in [0.2, 0.25) is 0 Å². The molecule has 27 atom stereocenters. The van der Waals surface area contributed by atoms with Crippen molar-refractivity contribution in [2.75, 3.05) is 33.5 Å². The van der Waals surface area contributed by atoms with Gasteiger partial charge in [-0.15, -0.1) is 0 Å². The molecular weight excluding hydrogens is 1030 g/mol. The maximum atomic E-state index is 14.6. The van der Waals surface area contributed by atoms with Gasteiger partial charge >= 0.3 is 11.9 Å². The minimum absolute atomic E-state index is 0.0335. The van der Waals surface area contributed by atoms with Crippen LogP contribution in [-0.2, 0) is 61.7 Å². The summed E-state index contributed by atoms with van der Waals surface area (Å²) in [5, 5.41) is 109. The lowest BCUT2D eigenvalue weighted by Gasteiger charge is -2.64. The molecule has 0 bridgehead atoms. The second-order valence-corrected chi connectivity index (χ2v) is 25.6. The van der Waals surface area contributed by atoms with Crippen molar-refractivity contribution in [1.82, 2.24) is 0 Å². The summed E-state index contributed by atoms with van der Waals surface area (Å²) in [7, 11) is 1.22. The Morgan fingerprint density at radius 2 is 1.31 bits per heavy atom. The van der Waals surface area contributed by atoms with E-state index in [0.717, 1.165) is 32.1 Å². The highest BCUT2D eigenvalue weighted by Gasteiger charge is 2.76. The lowest BCUT2D eigenvalue weighted by atomic mass is 9.41. The van der Waals surface area contributed by atoms with E-state index in [2.05, 4.69) is 47.6 Å². The van der Waals surface area contributed by atoms with Gasteiger partial charge in [-0.05, 0) is 86.9 Å². The largest absolute Gasteiger partial charge is 0.462 e. The molecular formula is C55H88O23. The Labute approximate surface area is 455 Å². The molecule has 23 heteroatoms. The number of hydrogen-bond donors (Lipinski definition) is 10. The van der Waals surface area contributed by atoms with Crippen molar-refractivity contribution < 1.29 is 113 Å². The third-order valence-electron chi connectivity index (χ3n) is 20.3. The Bertz CT molecular complexity index is 2150. The molecule has 446 valence electrons. The van der Waals surface area contributed by atoms with Crippen molar-refractivity contribution in [3.63, 3.8) is 0 Å². The molecule has 9 aliphatic rings. The van der Waals surface area contributed by atoms with Crippen molar-refractivity contribution in [3.8, 4) is 0 Å². The van der Waals surface area contributed by atoms with Gasteiger partial charge in [0.1, 0.15) is 97.2 Å². The lowest BCUT2D eigenvalue weighted by molar-refractivity contribution is -0.385. The minimum atomic E-state index is -1.94. The van der Waals surface area contributed by atoms with Gasteiger partial charge in [-0.25, -0.2) is 0 Å². The van der Waals surface area contributed by atoms with Crippen LogP contribution >= 0.6 is 0 Å². The third kappa shape index (κ3) is 10.2. The van der Waals surface area contributed by atoms with Gasteiger partial charge in [-0.1, -0.05) is 53.2 Å². The van der Waals surface area contributed by atoms with Crippen molar-refractivity contribution in [2.45, 2.75) is 242 Å². The maximum Gasteiger partial charge on any atom is 0.313 e. The van der Waals surface area contributed by atoms with Gasteiger partial charge in [0, 0.05) is 31.8 Å². The molecule has 1 spiro atoms. The number of ether oxygens (including phenoxy) is 11. The molecule has 5 aliphatic heterocycles. The highest BCUT2D eigenvalue weighted by molar-refractivity contribution is 5.83. The minimum Gasteiger partial charge on any atom is -0.462 e. The van der Waals surface area contributed by atoms with Crippen molar-refractivity contribution in [1.29, 1.82) is 0 Å². The molecule has 0 aromatic heterocycles. The first kappa shape index (κ1) is 60.5. The lowest BCUT2D eigenvalue weighted by Crippen LogP contribution is -2.66. The highest BCUT2D eigenvalue weighted by Crippen LogP contribution is 2.76. The molecule has 27 unspecified atom stereocenters. The van der Waals surface area contributed by atoms with Crippen molar-refractivity contribution >= 4 is 11.9 Å². The van der Waals surface area contributed by atoms with Crippen LogP contribution in [0.2, 0.25) is 0 Å². The molecule has 23 nitrogen and oxygen atoms in total. The van der Waals surface area contributed by atoms with E-state index in [4.69, 9.17) is 52.1 Å². The second kappa shape index (κ2) is 22.8. The number of aliphatic hydroxyl groups excluding tert-OH is 10. The van der Waals surface area contributed by atoms with Gasteiger partial charge in [0.05, 0.1) is 37.9 Å². The van der Waals surface area contributed by atoms with Gasteiger partial charge < -0.3 is 103 Å². The van der Waals surface area contributed by atoms with Crippen LogP contribution in [0.5, 0.6) is 0 Å². The number of aliphatic hydroxyl groups is 10. The van der Waals surface area contributed by atoms with E-state index in [-0.39, 0.29) is 53.7 Å². The molecule has 9 rings (SSSR count). The number of carbonyl (C=O) groups is 2. The topological polar surface area (TPSA) is 338 Å². The number of cyclic esters (lactones) is 1. The molecule has 8 fully saturated rings. The summed E-state index contributed by atoms with van der Waals surface area (Å²) in [4.78, 5) is 26.8. The van der Waals surface area contributed by atoms with E-state index in [1.54, 1.807) is 0 Å². The standard InChI is InChI=1S/C55H88O23/c1-24(2)18-26(71-25(3)58)19-54(8)34-13-16-53(7)28-10-11-33-51(4,5)35(14-15-52(33,6)27(28)12-17-55(34,53)50(67)78-54)74-49-45(36(61)29(59)22-70-49)77-47-39(64)38(63)43(32(21-57)73-47)76-46-40(65)42(30(60)23-69-46)75-48-41(66)44(68-9)37(62)31(20-56)72-48/h10,24,26-27,29-49,56-57,59-66H,11-23H2,1-9H3. The average molecular weight is 1120 g/mol. The summed E-state index contributed by atoms with van der Waals surface area (Å²) >= 11 is 0. The van der Waals surface area contributed by atoms with Crippen LogP contribution in [0.4, 0.5) is 0 Å². The van der Waals surface area contributed by atoms with E-state index in [0.29, 0.717) is 25.7 Å². The molecule has 5 saturated heterocycles. The zero-order valence-electron chi connectivity index (χ0n) is 46.4. The van der Waals surface area contributed by atoms with Crippen LogP contribution in [0.1, 0.15) is 113 Å². The SMILES string of the molecule is COC1C(O)C(CO)OC(OC2C(O)COC(OC3C(CO)OC(OC4C(OC5CCC6(C)C7CCC89C(=O)OC(C)(CC(CC(C)C)OC(C)=O)C8CCC9(C)C7=CCC6C5(C)C)OCC(O)C4O)C(O)C3O)C2O)C1O. The number of carbonyl (C=O) groups excluding carboxylic acids is 2. The smallest absolute Gasteiger partial charge is 0.313 e. The van der Waals surface area contributed by atoms with E-state index in [1.807, 2.05) is 6.92 Å². The summed E-state index contributed by atoms with van der Waals surface area (Å²) in [6.45, 7) is 14.3. The summed E-state index contributed by atoms with van der Waals surface area (Å²) < 4.78 is 65.3. The molecule has 0 amide bonds. The van der Waals surface area contributed by atoms with Crippen LogP contribution in [0.25, 0.3) is 0 Å². The van der Waals surface area contributed by atoms with E-state index >= 15 is 0 Å². The van der Waals surface area contributed by atoms with Gasteiger partial charge in [0.15, 0.2) is 25.2 Å². The molecule has 0 aromatic carbocycles. The van der Waals surface area contributed by atoms with Crippen molar-refractivity contribution in [2.24, 2.45) is 45.3 Å². The molecule has 5 heterocycles. The first-order chi connectivity index (χ1) is 36.7. The summed E-state index contributed by atoms with van der Waals surface area (Å²) in [6.07, 6.45) is -20.5. The fraction of sp³-hybridized carbons (Fsp3) is 0.927. The van der Waals surface area contributed by atoms with Crippen LogP contribution < -0.4 is 0 Å². The Balaban J connectivity index is 0.868. The van der Waals surface area contributed by atoms with Crippen molar-refractivity contribution in [3.05, 3.63) is 11.6 Å². The van der Waals surface area contributed by atoms with Crippen LogP contribution in [-0.4, -0.2) is 225 Å². The number of fused-ring (bicyclic) bond motifs is 4. The molecule has 10 N–H and O–H groups in total. The van der Waals surface area contributed by atoms with Crippen LogP contribution in [0, 0.1) is 45.3 Å². The molecule has 78 heavy (non-hydrogen) atoms. The quantitative estimate of drug-likeness (QED) is 0.0709. The van der Waals surface area contributed by atoms with E-state index < -0.39 is 158 Å². The Morgan fingerprint density at radius 1 is 0.679 bits per heavy atom. The molecule has 3 saturated carbocycles. The Hall–Kier alpha value is -2.08. The number of allylic oxidation sites excluding steroid dienone is 2. The Morgan fingerprint density at radius 3 is 1.97 bits per heavy atom. The van der Waals surface area contributed by atoms with E-state index in [1.165, 1.54) is 19.6 Å². The maximum absolute atomic E-state index is 14.6. The van der Waals surface area contributed by atoms with E-state index in [9.17, 15) is 60.7 Å². The zero-order chi connectivity index (χ0) is 56.8. The second-order valence-electron chi connectivity index (χ2n) is 25.6.